The minimum atomic E-state index is -0.370. The third-order valence-corrected chi connectivity index (χ3v) is 4.81. The van der Waals surface area contributed by atoms with Gasteiger partial charge in [0.05, 0.1) is 0 Å². The zero-order valence-electron chi connectivity index (χ0n) is 12.5. The average molecular weight is 280 g/mol. The van der Waals surface area contributed by atoms with Crippen molar-refractivity contribution in [2.45, 2.75) is 89.1 Å². The topological polar surface area (TPSA) is 63.4 Å². The second-order valence-corrected chi connectivity index (χ2v) is 6.35. The van der Waals surface area contributed by atoms with E-state index in [-0.39, 0.29) is 18.2 Å². The summed E-state index contributed by atoms with van der Waals surface area (Å²) in [6.45, 7) is 0. The first kappa shape index (κ1) is 15.3. The molecule has 0 bridgehead atoms. The van der Waals surface area contributed by atoms with Crippen molar-refractivity contribution in [3.8, 4) is 0 Å². The molecule has 2 fully saturated rings. The highest BCUT2D eigenvalue weighted by molar-refractivity contribution is 5.83. The molecule has 0 unspecified atom stereocenters. The minimum Gasteiger partial charge on any atom is -0.370 e. The highest BCUT2D eigenvalue weighted by atomic mass is 16.2. The number of amides is 2. The molecule has 0 heterocycles. The summed E-state index contributed by atoms with van der Waals surface area (Å²) in [5.74, 6) is -0.215. The van der Waals surface area contributed by atoms with E-state index in [2.05, 4.69) is 4.90 Å². The Morgan fingerprint density at radius 1 is 0.800 bits per heavy atom. The van der Waals surface area contributed by atoms with Crippen molar-refractivity contribution < 1.29 is 9.59 Å². The summed E-state index contributed by atoms with van der Waals surface area (Å²) in [6.07, 6.45) is 12.6. The number of carbonyl (C=O) groups excluding carboxylic acids is 2. The third-order valence-electron chi connectivity index (χ3n) is 4.81. The molecule has 0 aromatic heterocycles. The standard InChI is InChI=1S/C16H28N2O2/c17-15(19)11-12-16(20)18(13-7-3-1-4-8-13)14-9-5-2-6-10-14/h13-14H,1-12H2,(H2,17,19). The highest BCUT2D eigenvalue weighted by Gasteiger charge is 2.32. The Labute approximate surface area is 122 Å². The predicted molar refractivity (Wildman–Crippen MR) is 79.0 cm³/mol. The Bertz CT molecular complexity index is 313. The summed E-state index contributed by atoms with van der Waals surface area (Å²) in [5.41, 5.74) is 5.19. The first-order valence-electron chi connectivity index (χ1n) is 8.28. The Hall–Kier alpha value is -1.06. The Morgan fingerprint density at radius 2 is 1.25 bits per heavy atom. The van der Waals surface area contributed by atoms with Crippen molar-refractivity contribution in [2.75, 3.05) is 0 Å². The zero-order chi connectivity index (χ0) is 14.4. The predicted octanol–water partition coefficient (Wildman–Crippen LogP) is 2.75. The summed E-state index contributed by atoms with van der Waals surface area (Å²) in [7, 11) is 0. The second kappa shape index (κ2) is 7.65. The van der Waals surface area contributed by atoms with Gasteiger partial charge in [-0.1, -0.05) is 38.5 Å². The molecule has 0 aliphatic heterocycles. The number of carbonyl (C=O) groups is 2. The lowest BCUT2D eigenvalue weighted by Gasteiger charge is -2.42. The normalized spacial score (nSPS) is 21.6. The lowest BCUT2D eigenvalue weighted by molar-refractivity contribution is -0.139. The molecule has 2 saturated carbocycles. The van der Waals surface area contributed by atoms with Gasteiger partial charge >= 0.3 is 0 Å². The summed E-state index contributed by atoms with van der Waals surface area (Å²) in [4.78, 5) is 25.6. The third kappa shape index (κ3) is 4.22. The van der Waals surface area contributed by atoms with Gasteiger partial charge in [-0.3, -0.25) is 9.59 Å². The summed E-state index contributed by atoms with van der Waals surface area (Å²) in [6, 6.07) is 0.819. The van der Waals surface area contributed by atoms with Crippen molar-refractivity contribution in [2.24, 2.45) is 5.73 Å². The molecule has 20 heavy (non-hydrogen) atoms. The van der Waals surface area contributed by atoms with Gasteiger partial charge < -0.3 is 10.6 Å². The van der Waals surface area contributed by atoms with E-state index in [4.69, 9.17) is 5.73 Å². The Balaban J connectivity index is 2.01. The summed E-state index contributed by atoms with van der Waals surface area (Å²) < 4.78 is 0. The van der Waals surface area contributed by atoms with E-state index in [0.717, 1.165) is 25.7 Å². The lowest BCUT2D eigenvalue weighted by Crippen LogP contribution is -2.48. The molecule has 0 spiro atoms. The molecule has 114 valence electrons. The SMILES string of the molecule is NC(=O)CCC(=O)N(C1CCCCC1)C1CCCCC1. The summed E-state index contributed by atoms with van der Waals surface area (Å²) in [5, 5.41) is 0. The van der Waals surface area contributed by atoms with Crippen LogP contribution in [0.15, 0.2) is 0 Å². The van der Waals surface area contributed by atoms with Crippen LogP contribution in [0.4, 0.5) is 0 Å². The zero-order valence-corrected chi connectivity index (χ0v) is 12.5. The monoisotopic (exact) mass is 280 g/mol. The van der Waals surface area contributed by atoms with Crippen molar-refractivity contribution in [1.29, 1.82) is 0 Å². The molecule has 2 aliphatic rings. The van der Waals surface area contributed by atoms with Crippen LogP contribution in [-0.4, -0.2) is 28.8 Å². The maximum absolute atomic E-state index is 12.6. The highest BCUT2D eigenvalue weighted by Crippen LogP contribution is 2.30. The number of rotatable bonds is 5. The van der Waals surface area contributed by atoms with Crippen LogP contribution in [0.25, 0.3) is 0 Å². The van der Waals surface area contributed by atoms with Gasteiger partial charge in [0.1, 0.15) is 0 Å². The Morgan fingerprint density at radius 3 is 1.65 bits per heavy atom. The molecule has 2 amide bonds. The molecule has 0 aromatic rings. The van der Waals surface area contributed by atoms with Crippen molar-refractivity contribution in [3.63, 3.8) is 0 Å². The van der Waals surface area contributed by atoms with Crippen LogP contribution in [0.5, 0.6) is 0 Å². The van der Waals surface area contributed by atoms with Crippen molar-refractivity contribution in [1.82, 2.24) is 4.90 Å². The van der Waals surface area contributed by atoms with E-state index in [0.29, 0.717) is 18.5 Å². The second-order valence-electron chi connectivity index (χ2n) is 6.35. The van der Waals surface area contributed by atoms with Crippen LogP contribution in [-0.2, 0) is 9.59 Å². The van der Waals surface area contributed by atoms with Gasteiger partial charge in [0.15, 0.2) is 0 Å². The van der Waals surface area contributed by atoms with Crippen LogP contribution >= 0.6 is 0 Å². The first-order valence-corrected chi connectivity index (χ1v) is 8.28. The van der Waals surface area contributed by atoms with Gasteiger partial charge in [-0.25, -0.2) is 0 Å². The largest absolute Gasteiger partial charge is 0.370 e. The maximum atomic E-state index is 12.6. The van der Waals surface area contributed by atoms with E-state index >= 15 is 0 Å². The van der Waals surface area contributed by atoms with Gasteiger partial charge in [-0.05, 0) is 25.7 Å². The fourth-order valence-electron chi connectivity index (χ4n) is 3.78. The molecule has 4 nitrogen and oxygen atoms in total. The van der Waals surface area contributed by atoms with Gasteiger partial charge in [-0.15, -0.1) is 0 Å². The van der Waals surface area contributed by atoms with Gasteiger partial charge in [-0.2, -0.15) is 0 Å². The molecule has 0 aromatic carbocycles. The van der Waals surface area contributed by atoms with E-state index in [1.807, 2.05) is 0 Å². The maximum Gasteiger partial charge on any atom is 0.223 e. The van der Waals surface area contributed by atoms with Gasteiger partial charge in [0.2, 0.25) is 11.8 Å². The number of hydrogen-bond donors (Lipinski definition) is 1. The lowest BCUT2D eigenvalue weighted by atomic mass is 9.88. The quantitative estimate of drug-likeness (QED) is 0.841. The van der Waals surface area contributed by atoms with E-state index < -0.39 is 0 Å². The first-order chi connectivity index (χ1) is 9.68. The smallest absolute Gasteiger partial charge is 0.223 e. The van der Waals surface area contributed by atoms with Crippen LogP contribution in [0, 0.1) is 0 Å². The molecule has 0 radical (unpaired) electrons. The average Bonchev–Trinajstić information content (AvgIpc) is 2.48. The molecule has 0 atom stereocenters. The van der Waals surface area contributed by atoms with E-state index in [1.54, 1.807) is 0 Å². The molecule has 2 aliphatic carbocycles. The van der Waals surface area contributed by atoms with Crippen molar-refractivity contribution in [3.05, 3.63) is 0 Å². The molecular formula is C16H28N2O2. The summed E-state index contributed by atoms with van der Waals surface area (Å²) >= 11 is 0. The van der Waals surface area contributed by atoms with Crippen molar-refractivity contribution >= 4 is 11.8 Å². The molecule has 2 rings (SSSR count). The van der Waals surface area contributed by atoms with Crippen LogP contribution in [0.1, 0.15) is 77.0 Å². The number of hydrogen-bond acceptors (Lipinski definition) is 2. The minimum absolute atomic E-state index is 0.155. The van der Waals surface area contributed by atoms with E-state index in [9.17, 15) is 9.59 Å². The number of nitrogens with two attached hydrogens (primary N) is 1. The molecule has 2 N–H and O–H groups in total. The number of primary amides is 1. The van der Waals surface area contributed by atoms with Crippen LogP contribution in [0.3, 0.4) is 0 Å². The Kier molecular flexibility index (Phi) is 5.86. The van der Waals surface area contributed by atoms with Gasteiger partial charge in [0, 0.05) is 24.9 Å². The molecule has 4 heteroatoms. The molecular weight excluding hydrogens is 252 g/mol. The number of nitrogens with zero attached hydrogens (tertiary/aromatic N) is 1. The van der Waals surface area contributed by atoms with Crippen LogP contribution in [0.2, 0.25) is 0 Å². The van der Waals surface area contributed by atoms with E-state index in [1.165, 1.54) is 38.5 Å². The fraction of sp³-hybridized carbons (Fsp3) is 0.875. The fourth-order valence-corrected chi connectivity index (χ4v) is 3.78. The van der Waals surface area contributed by atoms with Crippen LogP contribution < -0.4 is 5.73 Å². The van der Waals surface area contributed by atoms with Gasteiger partial charge in [0.25, 0.3) is 0 Å². The molecule has 0 saturated heterocycles.